The summed E-state index contributed by atoms with van der Waals surface area (Å²) in [5.74, 6) is 0.959. The third-order valence-corrected chi connectivity index (χ3v) is 2.93. The number of aliphatic hydroxyl groups excluding tert-OH is 1. The summed E-state index contributed by atoms with van der Waals surface area (Å²) in [5.41, 5.74) is 0. The first-order valence-electron chi connectivity index (χ1n) is 7.53. The molecule has 0 aromatic heterocycles. The molecule has 0 aliphatic carbocycles. The highest BCUT2D eigenvalue weighted by Crippen LogP contribution is 2.00. The monoisotopic (exact) mass is 323 g/mol. The largest absolute Gasteiger partial charge is 0.394 e. The van der Waals surface area contributed by atoms with Crippen molar-refractivity contribution in [3.63, 3.8) is 0 Å². The van der Waals surface area contributed by atoms with Crippen molar-refractivity contribution in [3.05, 3.63) is 0 Å². The Morgan fingerprint density at radius 2 is 1.52 bits per heavy atom. The summed E-state index contributed by atoms with van der Waals surface area (Å²) >= 11 is 4.13. The van der Waals surface area contributed by atoms with E-state index in [4.69, 9.17) is 19.3 Å². The minimum atomic E-state index is 0.0318. The maximum absolute atomic E-state index is 11.4. The maximum Gasteiger partial charge on any atom is 0.220 e. The van der Waals surface area contributed by atoms with E-state index >= 15 is 0 Å². The predicted octanol–water partition coefficient (Wildman–Crippen LogP) is 0.635. The van der Waals surface area contributed by atoms with E-state index in [0.717, 1.165) is 25.0 Å². The van der Waals surface area contributed by atoms with Crippen LogP contribution in [0.2, 0.25) is 0 Å². The summed E-state index contributed by atoms with van der Waals surface area (Å²) in [6.07, 6.45) is 3.60. The normalized spacial score (nSPS) is 10.8. The van der Waals surface area contributed by atoms with Gasteiger partial charge in [-0.15, -0.1) is 0 Å². The van der Waals surface area contributed by atoms with Crippen LogP contribution < -0.4 is 5.32 Å². The Morgan fingerprint density at radius 3 is 2.14 bits per heavy atom. The number of carbonyl (C=O) groups excluding carboxylic acids is 1. The number of thiol groups is 1. The lowest BCUT2D eigenvalue weighted by atomic mass is 10.2. The summed E-state index contributed by atoms with van der Waals surface area (Å²) in [6, 6.07) is 0. The zero-order valence-electron chi connectivity index (χ0n) is 12.7. The average molecular weight is 323 g/mol. The van der Waals surface area contributed by atoms with E-state index in [1.807, 2.05) is 0 Å². The Hall–Kier alpha value is -0.340. The first-order chi connectivity index (χ1) is 10.3. The molecule has 0 aromatic carbocycles. The smallest absolute Gasteiger partial charge is 0.220 e. The van der Waals surface area contributed by atoms with Crippen LogP contribution in [0.15, 0.2) is 0 Å². The molecule has 0 spiro atoms. The fourth-order valence-electron chi connectivity index (χ4n) is 1.53. The van der Waals surface area contributed by atoms with Gasteiger partial charge in [-0.3, -0.25) is 4.79 Å². The lowest BCUT2D eigenvalue weighted by Crippen LogP contribution is -2.27. The number of carbonyl (C=O) groups is 1. The lowest BCUT2D eigenvalue weighted by Gasteiger charge is -2.07. The van der Waals surface area contributed by atoms with Gasteiger partial charge in [-0.2, -0.15) is 12.6 Å². The van der Waals surface area contributed by atoms with Gasteiger partial charge >= 0.3 is 0 Å². The van der Waals surface area contributed by atoms with Gasteiger partial charge in [0.1, 0.15) is 0 Å². The molecule has 0 saturated carbocycles. The van der Waals surface area contributed by atoms with Crippen molar-refractivity contribution in [2.75, 3.05) is 58.5 Å². The fraction of sp³-hybridized carbons (Fsp3) is 0.929. The third-order valence-electron chi connectivity index (χ3n) is 2.61. The van der Waals surface area contributed by atoms with Crippen LogP contribution in [0.1, 0.15) is 25.7 Å². The highest BCUT2D eigenvalue weighted by Gasteiger charge is 1.99. The molecule has 0 unspecified atom stereocenters. The van der Waals surface area contributed by atoms with E-state index in [2.05, 4.69) is 17.9 Å². The summed E-state index contributed by atoms with van der Waals surface area (Å²) in [6.45, 7) is 3.37. The number of aliphatic hydroxyl groups is 1. The lowest BCUT2D eigenvalue weighted by molar-refractivity contribution is -0.121. The van der Waals surface area contributed by atoms with E-state index < -0.39 is 0 Å². The van der Waals surface area contributed by atoms with Gasteiger partial charge in [0.05, 0.1) is 46.2 Å². The Bertz CT molecular complexity index is 231. The van der Waals surface area contributed by atoms with Crippen LogP contribution >= 0.6 is 12.6 Å². The number of hydrogen-bond donors (Lipinski definition) is 3. The Kier molecular flexibility index (Phi) is 17.4. The van der Waals surface area contributed by atoms with Gasteiger partial charge in [-0.1, -0.05) is 6.42 Å². The van der Waals surface area contributed by atoms with Gasteiger partial charge in [-0.05, 0) is 18.6 Å². The van der Waals surface area contributed by atoms with E-state index in [9.17, 15) is 4.79 Å². The second-order valence-electron chi connectivity index (χ2n) is 4.44. The standard InChI is InChI=1S/C14H29NO5S/c16-6-8-19-10-12-20-11-9-18-7-5-15-14(17)4-2-1-3-13-21/h16,21H,1-13H2,(H,15,17). The molecular weight excluding hydrogens is 294 g/mol. The predicted molar refractivity (Wildman–Crippen MR) is 84.9 cm³/mol. The van der Waals surface area contributed by atoms with Crippen molar-refractivity contribution < 1.29 is 24.1 Å². The van der Waals surface area contributed by atoms with E-state index in [-0.39, 0.29) is 12.5 Å². The highest BCUT2D eigenvalue weighted by molar-refractivity contribution is 7.80. The molecule has 0 radical (unpaired) electrons. The Labute approximate surface area is 132 Å². The molecule has 21 heavy (non-hydrogen) atoms. The average Bonchev–Trinajstić information content (AvgIpc) is 2.49. The molecule has 1 amide bonds. The van der Waals surface area contributed by atoms with Crippen LogP contribution in [0.5, 0.6) is 0 Å². The second kappa shape index (κ2) is 17.7. The molecular formula is C14H29NO5S. The number of rotatable bonds is 16. The number of ether oxygens (including phenoxy) is 3. The van der Waals surface area contributed by atoms with Crippen LogP contribution in [0.4, 0.5) is 0 Å². The fourth-order valence-corrected chi connectivity index (χ4v) is 1.76. The molecule has 0 bridgehead atoms. The van der Waals surface area contributed by atoms with Crippen LogP contribution in [0, 0.1) is 0 Å². The van der Waals surface area contributed by atoms with Crippen LogP contribution in [-0.2, 0) is 19.0 Å². The summed E-state index contributed by atoms with van der Waals surface area (Å²) < 4.78 is 15.6. The van der Waals surface area contributed by atoms with E-state index in [1.54, 1.807) is 0 Å². The molecule has 0 rings (SSSR count). The van der Waals surface area contributed by atoms with Crippen LogP contribution in [0.25, 0.3) is 0 Å². The summed E-state index contributed by atoms with van der Waals surface area (Å²) in [7, 11) is 0. The topological polar surface area (TPSA) is 77.0 Å². The van der Waals surface area contributed by atoms with Gasteiger partial charge in [0.2, 0.25) is 5.91 Å². The molecule has 126 valence electrons. The zero-order valence-corrected chi connectivity index (χ0v) is 13.6. The van der Waals surface area contributed by atoms with Gasteiger partial charge in [-0.25, -0.2) is 0 Å². The molecule has 2 N–H and O–H groups in total. The van der Waals surface area contributed by atoms with Gasteiger partial charge in [0.15, 0.2) is 0 Å². The zero-order chi connectivity index (χ0) is 15.6. The Morgan fingerprint density at radius 1 is 0.905 bits per heavy atom. The van der Waals surface area contributed by atoms with Crippen molar-refractivity contribution in [1.82, 2.24) is 5.32 Å². The van der Waals surface area contributed by atoms with Crippen molar-refractivity contribution in [2.24, 2.45) is 0 Å². The SMILES string of the molecule is O=C(CCCCCS)NCCOCCOCCOCCO. The first kappa shape index (κ1) is 20.7. The molecule has 0 atom stereocenters. The molecule has 0 fully saturated rings. The maximum atomic E-state index is 11.4. The van der Waals surface area contributed by atoms with E-state index in [1.165, 1.54) is 0 Å². The van der Waals surface area contributed by atoms with Crippen molar-refractivity contribution in [1.29, 1.82) is 0 Å². The molecule has 0 aromatic rings. The minimum Gasteiger partial charge on any atom is -0.394 e. The summed E-state index contributed by atoms with van der Waals surface area (Å²) in [4.78, 5) is 11.4. The third kappa shape index (κ3) is 17.6. The van der Waals surface area contributed by atoms with Crippen LogP contribution in [-0.4, -0.2) is 69.6 Å². The molecule has 7 heteroatoms. The van der Waals surface area contributed by atoms with Crippen LogP contribution in [0.3, 0.4) is 0 Å². The minimum absolute atomic E-state index is 0.0318. The molecule has 0 aliphatic rings. The van der Waals surface area contributed by atoms with Gasteiger partial charge in [0.25, 0.3) is 0 Å². The number of amides is 1. The van der Waals surface area contributed by atoms with Gasteiger partial charge < -0.3 is 24.6 Å². The van der Waals surface area contributed by atoms with Crippen molar-refractivity contribution >= 4 is 18.5 Å². The van der Waals surface area contributed by atoms with Crippen molar-refractivity contribution in [3.8, 4) is 0 Å². The molecule has 0 saturated heterocycles. The number of nitrogens with one attached hydrogen (secondary N) is 1. The van der Waals surface area contributed by atoms with Crippen molar-refractivity contribution in [2.45, 2.75) is 25.7 Å². The van der Waals surface area contributed by atoms with Gasteiger partial charge in [0, 0.05) is 13.0 Å². The molecule has 0 aliphatic heterocycles. The summed E-state index contributed by atoms with van der Waals surface area (Å²) in [5, 5.41) is 11.3. The molecule has 0 heterocycles. The second-order valence-corrected chi connectivity index (χ2v) is 4.89. The Balaban J connectivity index is 3.09. The first-order valence-corrected chi connectivity index (χ1v) is 8.16. The van der Waals surface area contributed by atoms with E-state index in [0.29, 0.717) is 52.6 Å². The quantitative estimate of drug-likeness (QED) is 0.287. The number of unbranched alkanes of at least 4 members (excludes halogenated alkanes) is 2. The highest BCUT2D eigenvalue weighted by atomic mass is 32.1. The molecule has 6 nitrogen and oxygen atoms in total. The number of hydrogen-bond acceptors (Lipinski definition) is 6.